The largest absolute Gasteiger partial charge is 0.341 e. The lowest BCUT2D eigenvalue weighted by atomic mass is 10.1. The second kappa shape index (κ2) is 9.86. The summed E-state index contributed by atoms with van der Waals surface area (Å²) in [7, 11) is 0. The Morgan fingerprint density at radius 1 is 1.13 bits per heavy atom. The molecule has 0 spiro atoms. The number of hydrogen-bond acceptors (Lipinski definition) is 5. The minimum absolute atomic E-state index is 0.173. The number of hydrogen-bond donors (Lipinski definition) is 0. The van der Waals surface area contributed by atoms with Gasteiger partial charge in [0, 0.05) is 32.2 Å². The quantitative estimate of drug-likeness (QED) is 0.554. The molecule has 7 heteroatoms. The Labute approximate surface area is 184 Å². The lowest BCUT2D eigenvalue weighted by Crippen LogP contribution is -2.33. The standard InChI is InChI=1S/C23H33N5OS/c1-3-13-27(16-19-9-7-18(2)8-10-19)21(29)17-30-23-25-24-22(28(23)20-11-12-20)26-14-5-4-6-15-26/h7-10,20H,3-6,11-17H2,1-2H3. The van der Waals surface area contributed by atoms with Crippen LogP contribution in [-0.2, 0) is 11.3 Å². The van der Waals surface area contributed by atoms with Crippen molar-refractivity contribution in [1.82, 2.24) is 19.7 Å². The number of thioether (sulfide) groups is 1. The molecular formula is C23H33N5OS. The summed E-state index contributed by atoms with van der Waals surface area (Å²) >= 11 is 1.55. The molecule has 0 bridgehead atoms. The number of anilines is 1. The molecule has 2 heterocycles. The number of nitrogens with zero attached hydrogens (tertiary/aromatic N) is 5. The van der Waals surface area contributed by atoms with Crippen molar-refractivity contribution < 1.29 is 4.79 Å². The summed E-state index contributed by atoms with van der Waals surface area (Å²) < 4.78 is 2.30. The molecule has 1 saturated heterocycles. The number of aryl methyl sites for hydroxylation is 1. The van der Waals surface area contributed by atoms with Gasteiger partial charge >= 0.3 is 0 Å². The third-order valence-electron chi connectivity index (χ3n) is 5.86. The van der Waals surface area contributed by atoms with Gasteiger partial charge in [-0.15, -0.1) is 10.2 Å². The fourth-order valence-corrected chi connectivity index (χ4v) is 4.93. The molecule has 1 aromatic carbocycles. The zero-order chi connectivity index (χ0) is 20.9. The van der Waals surface area contributed by atoms with Crippen molar-refractivity contribution in [3.8, 4) is 0 Å². The first kappa shape index (κ1) is 21.2. The van der Waals surface area contributed by atoms with Crippen LogP contribution in [0.4, 0.5) is 5.95 Å². The zero-order valence-corrected chi connectivity index (χ0v) is 19.0. The highest BCUT2D eigenvalue weighted by atomic mass is 32.2. The van der Waals surface area contributed by atoms with Gasteiger partial charge in [0.15, 0.2) is 5.16 Å². The van der Waals surface area contributed by atoms with Crippen LogP contribution >= 0.6 is 11.8 Å². The van der Waals surface area contributed by atoms with Crippen molar-refractivity contribution in [1.29, 1.82) is 0 Å². The highest BCUT2D eigenvalue weighted by molar-refractivity contribution is 7.99. The van der Waals surface area contributed by atoms with Gasteiger partial charge in [0.2, 0.25) is 11.9 Å². The van der Waals surface area contributed by atoms with Crippen molar-refractivity contribution in [2.24, 2.45) is 0 Å². The smallest absolute Gasteiger partial charge is 0.233 e. The third kappa shape index (κ3) is 5.17. The van der Waals surface area contributed by atoms with Gasteiger partial charge in [-0.1, -0.05) is 48.5 Å². The number of benzene rings is 1. The minimum Gasteiger partial charge on any atom is -0.341 e. The maximum absolute atomic E-state index is 13.0. The van der Waals surface area contributed by atoms with E-state index in [4.69, 9.17) is 0 Å². The fourth-order valence-electron chi connectivity index (χ4n) is 4.02. The average Bonchev–Trinajstić information content (AvgIpc) is 3.52. The van der Waals surface area contributed by atoms with Crippen LogP contribution in [0.3, 0.4) is 0 Å². The van der Waals surface area contributed by atoms with E-state index in [1.54, 1.807) is 11.8 Å². The Morgan fingerprint density at radius 3 is 2.53 bits per heavy atom. The van der Waals surface area contributed by atoms with E-state index in [1.165, 1.54) is 43.2 Å². The maximum Gasteiger partial charge on any atom is 0.233 e. The molecule has 1 aromatic heterocycles. The van der Waals surface area contributed by atoms with Gasteiger partial charge in [-0.25, -0.2) is 0 Å². The first-order valence-corrected chi connectivity index (χ1v) is 12.3. The molecule has 162 valence electrons. The van der Waals surface area contributed by atoms with Gasteiger partial charge < -0.3 is 9.80 Å². The van der Waals surface area contributed by atoms with E-state index < -0.39 is 0 Å². The molecule has 2 aliphatic rings. The lowest BCUT2D eigenvalue weighted by Gasteiger charge is -2.28. The van der Waals surface area contributed by atoms with Crippen LogP contribution in [0.1, 0.15) is 62.6 Å². The Bertz CT molecular complexity index is 840. The Kier molecular flexibility index (Phi) is 6.97. The van der Waals surface area contributed by atoms with Crippen LogP contribution in [0.2, 0.25) is 0 Å². The predicted octanol–water partition coefficient (Wildman–Crippen LogP) is 4.44. The molecule has 0 radical (unpaired) electrons. The van der Waals surface area contributed by atoms with Gasteiger partial charge in [0.1, 0.15) is 0 Å². The van der Waals surface area contributed by atoms with E-state index in [-0.39, 0.29) is 5.91 Å². The molecule has 1 saturated carbocycles. The zero-order valence-electron chi connectivity index (χ0n) is 18.2. The summed E-state index contributed by atoms with van der Waals surface area (Å²) in [6.07, 6.45) is 7.09. The maximum atomic E-state index is 13.0. The number of carbonyl (C=O) groups excluding carboxylic acids is 1. The van der Waals surface area contributed by atoms with Gasteiger partial charge in [-0.05, 0) is 51.0 Å². The normalized spacial score (nSPS) is 16.7. The Hall–Kier alpha value is -2.02. The summed E-state index contributed by atoms with van der Waals surface area (Å²) in [6, 6.07) is 8.96. The summed E-state index contributed by atoms with van der Waals surface area (Å²) in [5, 5.41) is 9.92. The second-order valence-corrected chi connectivity index (χ2v) is 9.46. The molecular weight excluding hydrogens is 394 g/mol. The Morgan fingerprint density at radius 2 is 1.87 bits per heavy atom. The Balaban J connectivity index is 1.41. The average molecular weight is 428 g/mol. The number of rotatable bonds is 9. The molecule has 4 rings (SSSR count). The van der Waals surface area contributed by atoms with Gasteiger partial charge in [0.25, 0.3) is 0 Å². The van der Waals surface area contributed by atoms with E-state index >= 15 is 0 Å². The fraction of sp³-hybridized carbons (Fsp3) is 0.609. The first-order chi connectivity index (χ1) is 14.7. The van der Waals surface area contributed by atoms with Crippen LogP contribution in [0.15, 0.2) is 29.4 Å². The van der Waals surface area contributed by atoms with Crippen molar-refractivity contribution in [2.45, 2.75) is 70.1 Å². The van der Waals surface area contributed by atoms with E-state index in [9.17, 15) is 4.79 Å². The van der Waals surface area contributed by atoms with Gasteiger partial charge in [0.05, 0.1) is 5.75 Å². The topological polar surface area (TPSA) is 54.3 Å². The number of piperidine rings is 1. The number of carbonyl (C=O) groups is 1. The molecule has 2 fully saturated rings. The van der Waals surface area contributed by atoms with Crippen LogP contribution < -0.4 is 4.90 Å². The summed E-state index contributed by atoms with van der Waals surface area (Å²) in [5.74, 6) is 1.60. The van der Waals surface area contributed by atoms with E-state index in [0.29, 0.717) is 18.3 Å². The van der Waals surface area contributed by atoms with Crippen molar-refractivity contribution in [3.05, 3.63) is 35.4 Å². The molecule has 1 aliphatic heterocycles. The van der Waals surface area contributed by atoms with Gasteiger partial charge in [-0.3, -0.25) is 9.36 Å². The van der Waals surface area contributed by atoms with E-state index in [1.807, 2.05) is 4.90 Å². The van der Waals surface area contributed by atoms with Crippen molar-refractivity contribution in [2.75, 3.05) is 30.3 Å². The second-order valence-electron chi connectivity index (χ2n) is 8.52. The van der Waals surface area contributed by atoms with Crippen LogP contribution in [0.25, 0.3) is 0 Å². The molecule has 30 heavy (non-hydrogen) atoms. The predicted molar refractivity (Wildman–Crippen MR) is 122 cm³/mol. The van der Waals surface area contributed by atoms with Crippen LogP contribution in [0, 0.1) is 6.92 Å². The van der Waals surface area contributed by atoms with E-state index in [2.05, 4.69) is 57.8 Å². The summed E-state index contributed by atoms with van der Waals surface area (Å²) in [6.45, 7) is 7.79. The van der Waals surface area contributed by atoms with Crippen LogP contribution in [0.5, 0.6) is 0 Å². The molecule has 0 N–H and O–H groups in total. The molecule has 0 unspecified atom stereocenters. The highest BCUT2D eigenvalue weighted by Gasteiger charge is 2.32. The lowest BCUT2D eigenvalue weighted by molar-refractivity contribution is -0.129. The monoisotopic (exact) mass is 427 g/mol. The molecule has 0 atom stereocenters. The highest BCUT2D eigenvalue weighted by Crippen LogP contribution is 2.41. The van der Waals surface area contributed by atoms with Crippen LogP contribution in [-0.4, -0.2) is 51.0 Å². The van der Waals surface area contributed by atoms with Gasteiger partial charge in [-0.2, -0.15) is 0 Å². The van der Waals surface area contributed by atoms with Crippen molar-refractivity contribution >= 4 is 23.6 Å². The SMILES string of the molecule is CCCN(Cc1ccc(C)cc1)C(=O)CSc1nnc(N2CCCCC2)n1C1CC1. The summed E-state index contributed by atoms with van der Waals surface area (Å²) in [5.41, 5.74) is 2.42. The molecule has 2 aromatic rings. The minimum atomic E-state index is 0.173. The first-order valence-electron chi connectivity index (χ1n) is 11.3. The number of aromatic nitrogens is 3. The molecule has 1 aliphatic carbocycles. The third-order valence-corrected chi connectivity index (χ3v) is 6.79. The molecule has 1 amide bonds. The van der Waals surface area contributed by atoms with E-state index in [0.717, 1.165) is 37.2 Å². The molecule has 6 nitrogen and oxygen atoms in total. The number of amides is 1. The van der Waals surface area contributed by atoms with Crippen molar-refractivity contribution in [3.63, 3.8) is 0 Å². The summed E-state index contributed by atoms with van der Waals surface area (Å²) in [4.78, 5) is 17.4.